The largest absolute Gasteiger partial charge is 0.271 e. The number of aromatic nitrogens is 2. The number of aryl methyl sites for hydroxylation is 2. The molecule has 0 bridgehead atoms. The van der Waals surface area contributed by atoms with Gasteiger partial charge in [0.1, 0.15) is 0 Å². The maximum atomic E-state index is 5.48. The lowest BCUT2D eigenvalue weighted by atomic mass is 10.1. The van der Waals surface area contributed by atoms with Crippen molar-refractivity contribution in [2.24, 2.45) is 5.84 Å². The summed E-state index contributed by atoms with van der Waals surface area (Å²) < 4.78 is 2.02. The van der Waals surface area contributed by atoms with Crippen molar-refractivity contribution in [3.63, 3.8) is 0 Å². The minimum atomic E-state index is 0.240. The van der Waals surface area contributed by atoms with E-state index in [0.29, 0.717) is 0 Å². The molecule has 0 spiro atoms. The summed E-state index contributed by atoms with van der Waals surface area (Å²) in [4.78, 5) is 0. The van der Waals surface area contributed by atoms with E-state index in [2.05, 4.69) is 30.1 Å². The highest BCUT2D eigenvalue weighted by atomic mass is 15.3. The highest BCUT2D eigenvalue weighted by molar-refractivity contribution is 5.10. The summed E-state index contributed by atoms with van der Waals surface area (Å²) in [5.41, 5.74) is 5.08. The summed E-state index contributed by atoms with van der Waals surface area (Å²) in [6.07, 6.45) is 3.63. The molecule has 0 aliphatic rings. The Kier molecular flexibility index (Phi) is 4.52. The number of nitrogens with zero attached hydrogens (tertiary/aromatic N) is 2. The Morgan fingerprint density at radius 1 is 1.73 bits per heavy atom. The number of hydrazine groups is 1. The fourth-order valence-electron chi connectivity index (χ4n) is 1.70. The molecule has 0 aliphatic heterocycles. The zero-order chi connectivity index (χ0) is 11.3. The fourth-order valence-corrected chi connectivity index (χ4v) is 1.70. The molecule has 0 aromatic carbocycles. The molecular weight excluding hydrogens is 188 g/mol. The van der Waals surface area contributed by atoms with E-state index in [9.17, 15) is 0 Å². The number of nitrogens with one attached hydrogen (secondary N) is 1. The number of nitrogens with two attached hydrogens (primary N) is 1. The van der Waals surface area contributed by atoms with Gasteiger partial charge in [-0.15, -0.1) is 6.58 Å². The normalized spacial score (nSPS) is 12.7. The van der Waals surface area contributed by atoms with Gasteiger partial charge in [-0.2, -0.15) is 5.10 Å². The molecule has 3 N–H and O–H groups in total. The monoisotopic (exact) mass is 208 g/mol. The molecule has 4 nitrogen and oxygen atoms in total. The zero-order valence-corrected chi connectivity index (χ0v) is 9.53. The third-order valence-electron chi connectivity index (χ3n) is 2.43. The average Bonchev–Trinajstić information content (AvgIpc) is 2.58. The summed E-state index contributed by atoms with van der Waals surface area (Å²) in [5.74, 6) is 5.48. The van der Waals surface area contributed by atoms with Crippen molar-refractivity contribution >= 4 is 0 Å². The van der Waals surface area contributed by atoms with Gasteiger partial charge in [-0.05, 0) is 26.3 Å². The molecule has 4 heteroatoms. The van der Waals surface area contributed by atoms with Gasteiger partial charge in [-0.1, -0.05) is 6.08 Å². The average molecular weight is 208 g/mol. The van der Waals surface area contributed by atoms with E-state index in [0.717, 1.165) is 25.1 Å². The van der Waals surface area contributed by atoms with Crippen LogP contribution in [0.5, 0.6) is 0 Å². The van der Waals surface area contributed by atoms with Crippen LogP contribution in [-0.2, 0) is 13.0 Å². The number of hydrogen-bond acceptors (Lipinski definition) is 3. The third kappa shape index (κ3) is 3.18. The highest BCUT2D eigenvalue weighted by Gasteiger charge is 2.10. The summed E-state index contributed by atoms with van der Waals surface area (Å²) in [6.45, 7) is 8.72. The predicted molar refractivity (Wildman–Crippen MR) is 62.3 cm³/mol. The maximum absolute atomic E-state index is 5.48. The van der Waals surface area contributed by atoms with Crippen LogP contribution in [0.2, 0.25) is 0 Å². The maximum Gasteiger partial charge on any atom is 0.0596 e. The SMILES string of the molecule is C=CCC(Cc1cc(C)nn1CC)NN. The van der Waals surface area contributed by atoms with E-state index in [1.807, 2.05) is 17.7 Å². The van der Waals surface area contributed by atoms with Gasteiger partial charge in [0.2, 0.25) is 0 Å². The van der Waals surface area contributed by atoms with Gasteiger partial charge in [-0.25, -0.2) is 0 Å². The van der Waals surface area contributed by atoms with E-state index < -0.39 is 0 Å². The molecule has 1 atom stereocenters. The van der Waals surface area contributed by atoms with Crippen LogP contribution in [-0.4, -0.2) is 15.8 Å². The quantitative estimate of drug-likeness (QED) is 0.419. The van der Waals surface area contributed by atoms with Crippen molar-refractivity contribution in [2.75, 3.05) is 0 Å². The smallest absolute Gasteiger partial charge is 0.0596 e. The van der Waals surface area contributed by atoms with E-state index in [4.69, 9.17) is 5.84 Å². The molecule has 1 rings (SSSR count). The lowest BCUT2D eigenvalue weighted by Crippen LogP contribution is -2.36. The highest BCUT2D eigenvalue weighted by Crippen LogP contribution is 2.08. The van der Waals surface area contributed by atoms with Crippen LogP contribution in [0.4, 0.5) is 0 Å². The molecule has 0 saturated carbocycles. The Hall–Kier alpha value is -1.13. The van der Waals surface area contributed by atoms with E-state index in [1.54, 1.807) is 0 Å². The molecule has 1 heterocycles. The Labute approximate surface area is 91.1 Å². The molecule has 0 amide bonds. The van der Waals surface area contributed by atoms with Crippen LogP contribution in [0.1, 0.15) is 24.7 Å². The Morgan fingerprint density at radius 2 is 2.47 bits per heavy atom. The standard InChI is InChI=1S/C11H20N4/c1-4-6-10(13-12)8-11-7-9(3)14-15(11)5-2/h4,7,10,13H,1,5-6,8,12H2,2-3H3. The summed E-state index contributed by atoms with van der Waals surface area (Å²) in [7, 11) is 0. The predicted octanol–water partition coefficient (Wildman–Crippen LogP) is 1.16. The van der Waals surface area contributed by atoms with Crippen molar-refractivity contribution in [2.45, 2.75) is 39.3 Å². The minimum absolute atomic E-state index is 0.240. The summed E-state index contributed by atoms with van der Waals surface area (Å²) in [5, 5.41) is 4.40. The second-order valence-corrected chi connectivity index (χ2v) is 3.68. The first-order valence-corrected chi connectivity index (χ1v) is 5.31. The van der Waals surface area contributed by atoms with Crippen LogP contribution in [0.15, 0.2) is 18.7 Å². The molecule has 0 saturated heterocycles. The lowest BCUT2D eigenvalue weighted by Gasteiger charge is -2.14. The molecule has 84 valence electrons. The second-order valence-electron chi connectivity index (χ2n) is 3.68. The third-order valence-corrected chi connectivity index (χ3v) is 2.43. The van der Waals surface area contributed by atoms with Crippen LogP contribution >= 0.6 is 0 Å². The van der Waals surface area contributed by atoms with Crippen LogP contribution < -0.4 is 11.3 Å². The summed E-state index contributed by atoms with van der Waals surface area (Å²) in [6, 6.07) is 2.35. The van der Waals surface area contributed by atoms with Gasteiger partial charge in [0.25, 0.3) is 0 Å². The molecule has 1 aromatic heterocycles. The van der Waals surface area contributed by atoms with Crippen LogP contribution in [0.25, 0.3) is 0 Å². The minimum Gasteiger partial charge on any atom is -0.271 e. The van der Waals surface area contributed by atoms with Crippen molar-refractivity contribution in [3.05, 3.63) is 30.1 Å². The van der Waals surface area contributed by atoms with Crippen LogP contribution in [0, 0.1) is 6.92 Å². The Bertz CT molecular complexity index is 316. The van der Waals surface area contributed by atoms with Gasteiger partial charge < -0.3 is 0 Å². The molecule has 1 unspecified atom stereocenters. The molecule has 15 heavy (non-hydrogen) atoms. The van der Waals surface area contributed by atoms with Crippen molar-refractivity contribution in [1.82, 2.24) is 15.2 Å². The van der Waals surface area contributed by atoms with Gasteiger partial charge in [0, 0.05) is 24.7 Å². The molecule has 1 aromatic rings. The first-order chi connectivity index (χ1) is 7.21. The van der Waals surface area contributed by atoms with Gasteiger partial charge in [0.05, 0.1) is 5.69 Å². The molecule has 0 fully saturated rings. The fraction of sp³-hybridized carbons (Fsp3) is 0.545. The van der Waals surface area contributed by atoms with Crippen molar-refractivity contribution in [3.8, 4) is 0 Å². The van der Waals surface area contributed by atoms with E-state index in [1.165, 1.54) is 5.69 Å². The Morgan fingerprint density at radius 3 is 3.00 bits per heavy atom. The number of hydrogen-bond donors (Lipinski definition) is 2. The molecule has 0 aliphatic carbocycles. The molecule has 0 radical (unpaired) electrons. The van der Waals surface area contributed by atoms with E-state index in [-0.39, 0.29) is 6.04 Å². The Balaban J connectivity index is 2.72. The first kappa shape index (κ1) is 11.9. The van der Waals surface area contributed by atoms with Gasteiger partial charge in [0.15, 0.2) is 0 Å². The van der Waals surface area contributed by atoms with Crippen molar-refractivity contribution in [1.29, 1.82) is 0 Å². The lowest BCUT2D eigenvalue weighted by molar-refractivity contribution is 0.502. The topological polar surface area (TPSA) is 55.9 Å². The summed E-state index contributed by atoms with van der Waals surface area (Å²) >= 11 is 0. The number of rotatable bonds is 6. The zero-order valence-electron chi connectivity index (χ0n) is 9.53. The van der Waals surface area contributed by atoms with Crippen molar-refractivity contribution < 1.29 is 0 Å². The molecular formula is C11H20N4. The van der Waals surface area contributed by atoms with E-state index >= 15 is 0 Å². The van der Waals surface area contributed by atoms with Crippen LogP contribution in [0.3, 0.4) is 0 Å². The second kappa shape index (κ2) is 5.68. The first-order valence-electron chi connectivity index (χ1n) is 5.31. The van der Waals surface area contributed by atoms with Gasteiger partial charge in [-0.3, -0.25) is 16.0 Å². The van der Waals surface area contributed by atoms with Gasteiger partial charge >= 0.3 is 0 Å².